The summed E-state index contributed by atoms with van der Waals surface area (Å²) >= 11 is 1.94. The van der Waals surface area contributed by atoms with Crippen molar-refractivity contribution in [1.29, 1.82) is 0 Å². The van der Waals surface area contributed by atoms with Crippen molar-refractivity contribution >= 4 is 39.9 Å². The minimum absolute atomic E-state index is 0.241. The molecule has 0 aliphatic carbocycles. The molecule has 4 nitrogen and oxygen atoms in total. The van der Waals surface area contributed by atoms with Gasteiger partial charge in [0, 0.05) is 38.2 Å². The Kier molecular flexibility index (Phi) is 3.28. The Balaban J connectivity index is 1.84. The van der Waals surface area contributed by atoms with Crippen LogP contribution in [0.2, 0.25) is 0 Å². The van der Waals surface area contributed by atoms with Crippen LogP contribution in [0.5, 0.6) is 0 Å². The van der Waals surface area contributed by atoms with E-state index in [1.54, 1.807) is 6.07 Å². The van der Waals surface area contributed by atoms with Crippen LogP contribution in [0, 0.1) is 9.39 Å². The van der Waals surface area contributed by atoms with Crippen LogP contribution >= 0.6 is 22.6 Å². The van der Waals surface area contributed by atoms with Crippen molar-refractivity contribution < 1.29 is 9.18 Å². The van der Waals surface area contributed by atoms with E-state index in [9.17, 15) is 9.18 Å². The number of hydrogen-bond acceptors (Lipinski definition) is 3. The zero-order chi connectivity index (χ0) is 13.6. The Labute approximate surface area is 124 Å². The lowest BCUT2D eigenvalue weighted by Gasteiger charge is -2.39. The molecule has 1 aromatic rings. The van der Waals surface area contributed by atoms with Gasteiger partial charge in [-0.3, -0.25) is 4.79 Å². The third-order valence-corrected chi connectivity index (χ3v) is 4.73. The second-order valence-corrected chi connectivity index (χ2v) is 6.21. The van der Waals surface area contributed by atoms with Gasteiger partial charge in [-0.05, 0) is 35.1 Å². The molecule has 102 valence electrons. The molecule has 0 saturated carbocycles. The van der Waals surface area contributed by atoms with Gasteiger partial charge in [-0.15, -0.1) is 0 Å². The predicted octanol–water partition coefficient (Wildman–Crippen LogP) is 1.82. The van der Waals surface area contributed by atoms with Gasteiger partial charge in [-0.1, -0.05) is 0 Å². The van der Waals surface area contributed by atoms with Crippen molar-refractivity contribution in [2.45, 2.75) is 18.9 Å². The number of hydrogen-bond donors (Lipinski definition) is 1. The molecule has 1 amide bonds. The molecule has 2 aliphatic rings. The Bertz CT molecular complexity index is 537. The normalized spacial score (nSPS) is 22.8. The average molecular weight is 375 g/mol. The fraction of sp³-hybridized carbons (Fsp3) is 0.462. The van der Waals surface area contributed by atoms with E-state index in [1.165, 1.54) is 6.07 Å². The molecule has 1 unspecified atom stereocenters. The van der Waals surface area contributed by atoms with E-state index in [2.05, 4.69) is 4.90 Å². The molecule has 0 spiro atoms. The fourth-order valence-electron chi connectivity index (χ4n) is 2.91. The number of halogens is 2. The summed E-state index contributed by atoms with van der Waals surface area (Å²) in [7, 11) is 0. The second-order valence-electron chi connectivity index (χ2n) is 5.05. The highest BCUT2D eigenvalue weighted by Gasteiger charge is 2.35. The highest BCUT2D eigenvalue weighted by Crippen LogP contribution is 2.31. The van der Waals surface area contributed by atoms with Crippen LogP contribution in [-0.4, -0.2) is 36.5 Å². The van der Waals surface area contributed by atoms with E-state index in [0.717, 1.165) is 18.7 Å². The number of anilines is 2. The number of carbonyl (C=O) groups excluding carboxylic acids is 1. The lowest BCUT2D eigenvalue weighted by Crippen LogP contribution is -2.51. The summed E-state index contributed by atoms with van der Waals surface area (Å²) in [5.74, 6) is 0.00106. The van der Waals surface area contributed by atoms with Crippen LogP contribution in [0.15, 0.2) is 12.1 Å². The maximum Gasteiger partial charge on any atom is 0.223 e. The van der Waals surface area contributed by atoms with Gasteiger partial charge < -0.3 is 15.5 Å². The summed E-state index contributed by atoms with van der Waals surface area (Å²) in [4.78, 5) is 15.7. The number of piperazine rings is 1. The van der Waals surface area contributed by atoms with Gasteiger partial charge in [-0.25, -0.2) is 4.39 Å². The molecule has 0 bridgehead atoms. The lowest BCUT2D eigenvalue weighted by molar-refractivity contribution is -0.129. The van der Waals surface area contributed by atoms with Gasteiger partial charge in [0.25, 0.3) is 0 Å². The zero-order valence-corrected chi connectivity index (χ0v) is 12.6. The summed E-state index contributed by atoms with van der Waals surface area (Å²) in [5, 5.41) is 0. The number of fused-ring (bicyclic) bond motifs is 1. The first kappa shape index (κ1) is 13.0. The number of benzene rings is 1. The van der Waals surface area contributed by atoms with Crippen molar-refractivity contribution in [3.63, 3.8) is 0 Å². The summed E-state index contributed by atoms with van der Waals surface area (Å²) in [5.41, 5.74) is 7.34. The number of amides is 1. The van der Waals surface area contributed by atoms with Gasteiger partial charge in [-0.2, -0.15) is 0 Å². The Morgan fingerprint density at radius 1 is 1.37 bits per heavy atom. The lowest BCUT2D eigenvalue weighted by atomic mass is 10.1. The van der Waals surface area contributed by atoms with Crippen LogP contribution in [0.3, 0.4) is 0 Å². The molecule has 19 heavy (non-hydrogen) atoms. The van der Waals surface area contributed by atoms with Gasteiger partial charge in [0.05, 0.1) is 14.9 Å². The van der Waals surface area contributed by atoms with E-state index in [-0.39, 0.29) is 17.8 Å². The molecule has 1 atom stereocenters. The molecule has 2 aliphatic heterocycles. The molecule has 6 heteroatoms. The Morgan fingerprint density at radius 3 is 2.95 bits per heavy atom. The van der Waals surface area contributed by atoms with Crippen molar-refractivity contribution in [2.75, 3.05) is 30.3 Å². The van der Waals surface area contributed by atoms with Crippen molar-refractivity contribution in [2.24, 2.45) is 0 Å². The maximum atomic E-state index is 13.7. The topological polar surface area (TPSA) is 49.6 Å². The van der Waals surface area contributed by atoms with E-state index < -0.39 is 0 Å². The van der Waals surface area contributed by atoms with E-state index in [4.69, 9.17) is 5.73 Å². The predicted molar refractivity (Wildman–Crippen MR) is 80.5 cm³/mol. The molecule has 1 aromatic carbocycles. The summed E-state index contributed by atoms with van der Waals surface area (Å²) in [6.45, 7) is 2.17. The largest absolute Gasteiger partial charge is 0.397 e. The van der Waals surface area contributed by atoms with E-state index in [0.29, 0.717) is 28.8 Å². The smallest absolute Gasteiger partial charge is 0.223 e. The zero-order valence-electron chi connectivity index (χ0n) is 10.4. The Morgan fingerprint density at radius 2 is 2.16 bits per heavy atom. The molecule has 2 heterocycles. The molecule has 2 fully saturated rings. The van der Waals surface area contributed by atoms with Crippen LogP contribution in [0.1, 0.15) is 12.8 Å². The summed E-state index contributed by atoms with van der Waals surface area (Å²) in [6, 6.07) is 3.42. The van der Waals surface area contributed by atoms with Gasteiger partial charge in [0.15, 0.2) is 0 Å². The van der Waals surface area contributed by atoms with Gasteiger partial charge >= 0.3 is 0 Å². The van der Waals surface area contributed by atoms with Crippen molar-refractivity contribution in [3.8, 4) is 0 Å². The van der Waals surface area contributed by atoms with Crippen LogP contribution < -0.4 is 10.6 Å². The number of nitrogen functional groups attached to an aromatic ring is 1. The average Bonchev–Trinajstić information content (AvgIpc) is 2.75. The Hall–Kier alpha value is -1.05. The second kappa shape index (κ2) is 4.81. The van der Waals surface area contributed by atoms with E-state index >= 15 is 0 Å². The third kappa shape index (κ3) is 2.26. The fourth-order valence-corrected chi connectivity index (χ4v) is 3.40. The van der Waals surface area contributed by atoms with Gasteiger partial charge in [0.1, 0.15) is 5.82 Å². The first-order chi connectivity index (χ1) is 9.06. The summed E-state index contributed by atoms with van der Waals surface area (Å²) in [6.07, 6.45) is 1.52. The maximum absolute atomic E-state index is 13.7. The van der Waals surface area contributed by atoms with Crippen LogP contribution in [0.4, 0.5) is 15.8 Å². The van der Waals surface area contributed by atoms with Crippen LogP contribution in [-0.2, 0) is 4.79 Å². The highest BCUT2D eigenvalue weighted by molar-refractivity contribution is 14.1. The molecule has 0 radical (unpaired) electrons. The van der Waals surface area contributed by atoms with E-state index in [1.807, 2.05) is 27.5 Å². The molecule has 3 rings (SSSR count). The number of nitrogens with zero attached hydrogens (tertiary/aromatic N) is 2. The number of carbonyl (C=O) groups is 1. The van der Waals surface area contributed by atoms with Crippen molar-refractivity contribution in [3.05, 3.63) is 21.5 Å². The van der Waals surface area contributed by atoms with Gasteiger partial charge in [0.2, 0.25) is 5.91 Å². The number of rotatable bonds is 1. The molecular weight excluding hydrogens is 360 g/mol. The number of nitrogens with two attached hydrogens (primary N) is 1. The molecule has 0 aromatic heterocycles. The summed E-state index contributed by atoms with van der Waals surface area (Å²) < 4.78 is 14.2. The minimum atomic E-state index is -0.241. The minimum Gasteiger partial charge on any atom is -0.397 e. The first-order valence-electron chi connectivity index (χ1n) is 6.35. The first-order valence-corrected chi connectivity index (χ1v) is 7.43. The quantitative estimate of drug-likeness (QED) is 0.602. The molecular formula is C13H15FIN3O. The SMILES string of the molecule is Nc1cc(I)c(F)cc1N1CCN2C(=O)CCC2C1. The standard InChI is InChI=1S/C13H15FIN3O/c14-9-5-12(11(16)6-10(9)15)17-3-4-18-8(7-17)1-2-13(18)19/h5-6,8H,1-4,7,16H2. The monoisotopic (exact) mass is 375 g/mol. The third-order valence-electron chi connectivity index (χ3n) is 3.90. The highest BCUT2D eigenvalue weighted by atomic mass is 127. The van der Waals surface area contributed by atoms with Crippen molar-refractivity contribution in [1.82, 2.24) is 4.90 Å². The molecule has 2 saturated heterocycles. The molecule has 2 N–H and O–H groups in total. The van der Waals surface area contributed by atoms with Crippen LogP contribution in [0.25, 0.3) is 0 Å².